The van der Waals surface area contributed by atoms with E-state index in [1.54, 1.807) is 0 Å². The van der Waals surface area contributed by atoms with Gasteiger partial charge in [-0.3, -0.25) is 4.79 Å². The van der Waals surface area contributed by atoms with Gasteiger partial charge in [0, 0.05) is 0 Å². The standard InChI is InChI=1S/C8H16O2.O.V/c1-3-5-6-7(4-2)8(9)10;;/h7H,3-6H2,1-2H3,(H,9,10);;. The molecule has 71 valence electrons. The molecule has 0 amide bonds. The van der Waals surface area contributed by atoms with Crippen LogP contribution >= 0.6 is 0 Å². The molecule has 0 bridgehead atoms. The van der Waals surface area contributed by atoms with E-state index in [-0.39, 0.29) is 5.92 Å². The molecule has 12 heavy (non-hydrogen) atoms. The van der Waals surface area contributed by atoms with Gasteiger partial charge in [-0.1, -0.05) is 26.7 Å². The van der Waals surface area contributed by atoms with Gasteiger partial charge in [0.15, 0.2) is 0 Å². The van der Waals surface area contributed by atoms with Crippen LogP contribution in [-0.2, 0) is 25.8 Å². The summed E-state index contributed by atoms with van der Waals surface area (Å²) in [6.45, 7) is 4.00. The van der Waals surface area contributed by atoms with Crippen LogP contribution in [-0.4, -0.2) is 11.1 Å². The van der Waals surface area contributed by atoms with Gasteiger partial charge in [-0.15, -0.1) is 0 Å². The molecule has 3 nitrogen and oxygen atoms in total. The third kappa shape index (κ3) is 7.96. The molecule has 0 saturated heterocycles. The van der Waals surface area contributed by atoms with Gasteiger partial charge in [-0.05, 0) is 12.8 Å². The second-order valence-corrected chi connectivity index (χ2v) is 2.59. The van der Waals surface area contributed by atoms with Crippen molar-refractivity contribution in [3.05, 3.63) is 0 Å². The van der Waals surface area contributed by atoms with E-state index in [0.717, 1.165) is 43.1 Å². The van der Waals surface area contributed by atoms with E-state index < -0.39 is 5.97 Å². The maximum absolute atomic E-state index is 10.4. The summed E-state index contributed by atoms with van der Waals surface area (Å²) >= 11 is 1.06. The maximum atomic E-state index is 10.4. The molecule has 1 unspecified atom stereocenters. The van der Waals surface area contributed by atoms with Gasteiger partial charge < -0.3 is 5.11 Å². The van der Waals surface area contributed by atoms with Gasteiger partial charge in [0.2, 0.25) is 0 Å². The van der Waals surface area contributed by atoms with Crippen molar-refractivity contribution in [2.45, 2.75) is 39.5 Å². The Morgan fingerprint density at radius 3 is 2.17 bits per heavy atom. The van der Waals surface area contributed by atoms with Crippen LogP contribution in [0, 0.1) is 5.92 Å². The third-order valence-electron chi connectivity index (χ3n) is 1.75. The van der Waals surface area contributed by atoms with Crippen molar-refractivity contribution in [3.63, 3.8) is 0 Å². The van der Waals surface area contributed by atoms with Crippen molar-refractivity contribution < 1.29 is 30.9 Å². The predicted molar refractivity (Wildman–Crippen MR) is 41.6 cm³/mol. The SMILES string of the molecule is CCCCC(CC)C(=O)O.[O]=[V]. The van der Waals surface area contributed by atoms with Gasteiger partial charge in [-0.25, -0.2) is 0 Å². The van der Waals surface area contributed by atoms with Crippen LogP contribution in [0.4, 0.5) is 0 Å². The zero-order valence-corrected chi connectivity index (χ0v) is 9.01. The molecule has 0 aromatic heterocycles. The second-order valence-electron chi connectivity index (χ2n) is 2.59. The van der Waals surface area contributed by atoms with Crippen molar-refractivity contribution in [1.29, 1.82) is 0 Å². The fourth-order valence-corrected chi connectivity index (χ4v) is 0.953. The van der Waals surface area contributed by atoms with E-state index >= 15 is 0 Å². The summed E-state index contributed by atoms with van der Waals surface area (Å²) < 4.78 is 8.19. The fourth-order valence-electron chi connectivity index (χ4n) is 0.953. The Bertz CT molecular complexity index is 117. The van der Waals surface area contributed by atoms with E-state index in [0.29, 0.717) is 0 Å². The summed E-state index contributed by atoms with van der Waals surface area (Å²) in [5, 5.41) is 8.60. The number of hydrogen-bond donors (Lipinski definition) is 1. The Morgan fingerprint density at radius 2 is 1.92 bits per heavy atom. The molecule has 0 aliphatic rings. The Morgan fingerprint density at radius 1 is 1.42 bits per heavy atom. The van der Waals surface area contributed by atoms with E-state index in [4.69, 9.17) is 8.78 Å². The molecule has 0 heterocycles. The van der Waals surface area contributed by atoms with Crippen LogP contribution in [0.5, 0.6) is 0 Å². The van der Waals surface area contributed by atoms with Gasteiger partial charge in [-0.2, -0.15) is 0 Å². The summed E-state index contributed by atoms with van der Waals surface area (Å²) in [6, 6.07) is 0. The first kappa shape index (κ1) is 14.4. The first-order chi connectivity index (χ1) is 5.72. The number of aliphatic carboxylic acids is 1. The molecule has 0 aliphatic heterocycles. The van der Waals surface area contributed by atoms with Crippen LogP contribution in [0.15, 0.2) is 0 Å². The number of carboxylic acids is 1. The Labute approximate surface area is 82.7 Å². The molecule has 0 aliphatic carbocycles. The van der Waals surface area contributed by atoms with Crippen molar-refractivity contribution in [1.82, 2.24) is 0 Å². The molecule has 0 radical (unpaired) electrons. The summed E-state index contributed by atoms with van der Waals surface area (Å²) in [5.41, 5.74) is 0. The van der Waals surface area contributed by atoms with Gasteiger partial charge in [0.05, 0.1) is 5.92 Å². The van der Waals surface area contributed by atoms with Crippen molar-refractivity contribution >= 4 is 5.97 Å². The van der Waals surface area contributed by atoms with Crippen LogP contribution in [0.1, 0.15) is 39.5 Å². The number of unbranched alkanes of at least 4 members (excludes halogenated alkanes) is 1. The van der Waals surface area contributed by atoms with Crippen molar-refractivity contribution in [3.8, 4) is 0 Å². The van der Waals surface area contributed by atoms with Gasteiger partial charge in [0.25, 0.3) is 0 Å². The summed E-state index contributed by atoms with van der Waals surface area (Å²) in [5.74, 6) is -0.754. The minimum absolute atomic E-state index is 0.111. The quantitative estimate of drug-likeness (QED) is 0.758. The summed E-state index contributed by atoms with van der Waals surface area (Å²) in [6.07, 6.45) is 3.71. The molecule has 0 rings (SSSR count). The van der Waals surface area contributed by atoms with Crippen LogP contribution < -0.4 is 0 Å². The minimum atomic E-state index is -0.643. The predicted octanol–water partition coefficient (Wildman–Crippen LogP) is 2.17. The topological polar surface area (TPSA) is 54.4 Å². The molecule has 1 N–H and O–H groups in total. The molecular weight excluding hydrogens is 195 g/mol. The first-order valence-corrected chi connectivity index (χ1v) is 4.70. The normalized spacial score (nSPS) is 11.1. The fraction of sp³-hybridized carbons (Fsp3) is 0.875. The number of hydrogen-bond acceptors (Lipinski definition) is 2. The van der Waals surface area contributed by atoms with Gasteiger partial charge >= 0.3 is 27.0 Å². The Kier molecular flexibility index (Phi) is 13.0. The van der Waals surface area contributed by atoms with E-state index in [2.05, 4.69) is 6.92 Å². The van der Waals surface area contributed by atoms with E-state index in [1.165, 1.54) is 0 Å². The molecule has 0 fully saturated rings. The molecule has 4 heteroatoms. The van der Waals surface area contributed by atoms with E-state index in [1.807, 2.05) is 6.92 Å². The molecular formula is C8H16O3V. The van der Waals surface area contributed by atoms with Crippen LogP contribution in [0.25, 0.3) is 0 Å². The van der Waals surface area contributed by atoms with Crippen molar-refractivity contribution in [2.24, 2.45) is 5.92 Å². The molecule has 0 aromatic rings. The molecule has 0 spiro atoms. The van der Waals surface area contributed by atoms with Crippen molar-refractivity contribution in [2.75, 3.05) is 0 Å². The van der Waals surface area contributed by atoms with E-state index in [9.17, 15) is 4.79 Å². The molecule has 1 atom stereocenters. The average molecular weight is 211 g/mol. The monoisotopic (exact) mass is 211 g/mol. The van der Waals surface area contributed by atoms with Crippen LogP contribution in [0.3, 0.4) is 0 Å². The zero-order chi connectivity index (χ0) is 9.98. The average Bonchev–Trinajstić information content (AvgIpc) is 2.09. The summed E-state index contributed by atoms with van der Waals surface area (Å²) in [7, 11) is 0. The molecule has 0 aromatic carbocycles. The Hall–Kier alpha value is -0.146. The zero-order valence-electron chi connectivity index (χ0n) is 7.62. The first-order valence-electron chi connectivity index (χ1n) is 4.13. The number of carboxylic acid groups (broad SMARTS) is 1. The third-order valence-corrected chi connectivity index (χ3v) is 1.75. The van der Waals surface area contributed by atoms with Crippen LogP contribution in [0.2, 0.25) is 0 Å². The number of carbonyl (C=O) groups is 1. The number of rotatable bonds is 5. The summed E-state index contributed by atoms with van der Waals surface area (Å²) in [4.78, 5) is 10.4. The Balaban J connectivity index is 0. The second kappa shape index (κ2) is 10.9. The van der Waals surface area contributed by atoms with Gasteiger partial charge in [0.1, 0.15) is 0 Å². The molecule has 0 saturated carbocycles.